The van der Waals surface area contributed by atoms with Crippen LogP contribution < -0.4 is 20.7 Å². The Morgan fingerprint density at radius 1 is 1.00 bits per heavy atom. The molecule has 35 heavy (non-hydrogen) atoms. The normalized spacial score (nSPS) is 17.4. The standard InChI is InChI=1S/C19H22F3N5O.C2HF3O2/c20-19(21,22)13-1-3-16(4-2-13)27-10-15(11-27)25-14-5-7-26(8-6-14)17-9-18(28)24-12-23-17;3-2(4,5)1(6)7/h1-4,9,12,14-15,25H,5-8,10-11H2,(H,23,24,28);(H,6,7). The third-order valence-corrected chi connectivity index (χ3v) is 5.64. The number of H-pyrrole nitrogens is 1. The van der Waals surface area contributed by atoms with Crippen LogP contribution in [-0.2, 0) is 11.0 Å². The molecular weight excluding hydrogens is 484 g/mol. The number of carbonyl (C=O) groups is 1. The van der Waals surface area contributed by atoms with Gasteiger partial charge >= 0.3 is 18.3 Å². The van der Waals surface area contributed by atoms with Gasteiger partial charge in [0.25, 0.3) is 5.56 Å². The van der Waals surface area contributed by atoms with E-state index >= 15 is 0 Å². The van der Waals surface area contributed by atoms with E-state index in [-0.39, 0.29) is 5.56 Å². The van der Waals surface area contributed by atoms with Gasteiger partial charge in [-0.1, -0.05) is 0 Å². The molecule has 8 nitrogen and oxygen atoms in total. The quantitative estimate of drug-likeness (QED) is 0.548. The third-order valence-electron chi connectivity index (χ3n) is 5.64. The number of aromatic amines is 1. The van der Waals surface area contributed by atoms with Gasteiger partial charge in [-0.15, -0.1) is 0 Å². The van der Waals surface area contributed by atoms with Gasteiger partial charge < -0.3 is 25.2 Å². The second-order valence-corrected chi connectivity index (χ2v) is 8.15. The third kappa shape index (κ3) is 7.34. The molecule has 2 aliphatic heterocycles. The van der Waals surface area contributed by atoms with E-state index in [2.05, 4.69) is 25.1 Å². The maximum Gasteiger partial charge on any atom is 0.490 e. The monoisotopic (exact) mass is 507 g/mol. The maximum absolute atomic E-state index is 12.6. The zero-order valence-corrected chi connectivity index (χ0v) is 18.2. The Hall–Kier alpha value is -3.29. The number of hydrogen-bond acceptors (Lipinski definition) is 6. The lowest BCUT2D eigenvalue weighted by molar-refractivity contribution is -0.192. The van der Waals surface area contributed by atoms with Crippen LogP contribution in [0.15, 0.2) is 41.5 Å². The highest BCUT2D eigenvalue weighted by Gasteiger charge is 2.38. The lowest BCUT2D eigenvalue weighted by Gasteiger charge is -2.44. The number of alkyl halides is 6. The number of nitrogens with zero attached hydrogens (tertiary/aromatic N) is 3. The molecule has 0 unspecified atom stereocenters. The number of hydrogen-bond donors (Lipinski definition) is 3. The number of rotatable bonds is 4. The molecule has 2 fully saturated rings. The van der Waals surface area contributed by atoms with Gasteiger partial charge in [-0.2, -0.15) is 26.3 Å². The SMILES string of the molecule is O=C(O)C(F)(F)F.O=c1cc(N2CCC(NC3CN(c4ccc(C(F)(F)F)cc4)C3)CC2)nc[nH]1. The maximum atomic E-state index is 12.6. The minimum atomic E-state index is -5.08. The first-order valence-corrected chi connectivity index (χ1v) is 10.6. The first kappa shape index (κ1) is 26.3. The van der Waals surface area contributed by atoms with Crippen LogP contribution in [0, 0.1) is 0 Å². The molecule has 2 saturated heterocycles. The Morgan fingerprint density at radius 3 is 2.06 bits per heavy atom. The number of anilines is 2. The van der Waals surface area contributed by atoms with Crippen molar-refractivity contribution in [1.29, 1.82) is 0 Å². The predicted octanol–water partition coefficient (Wildman–Crippen LogP) is 2.87. The lowest BCUT2D eigenvalue weighted by Crippen LogP contribution is -2.61. The summed E-state index contributed by atoms with van der Waals surface area (Å²) in [7, 11) is 0. The molecule has 0 aliphatic carbocycles. The van der Waals surface area contributed by atoms with E-state index in [0.29, 0.717) is 17.9 Å². The first-order chi connectivity index (χ1) is 16.3. The second-order valence-electron chi connectivity index (χ2n) is 8.15. The van der Waals surface area contributed by atoms with Gasteiger partial charge in [-0.05, 0) is 37.1 Å². The Kier molecular flexibility index (Phi) is 7.93. The Balaban J connectivity index is 0.000000429. The van der Waals surface area contributed by atoms with E-state index in [1.165, 1.54) is 24.5 Å². The highest BCUT2D eigenvalue weighted by Crippen LogP contribution is 2.31. The van der Waals surface area contributed by atoms with Crippen LogP contribution in [-0.4, -0.2) is 65.5 Å². The minimum absolute atomic E-state index is 0.150. The van der Waals surface area contributed by atoms with Gasteiger partial charge in [0.15, 0.2) is 0 Å². The average molecular weight is 507 g/mol. The minimum Gasteiger partial charge on any atom is -0.475 e. The molecule has 2 aromatic rings. The molecule has 14 heteroatoms. The summed E-state index contributed by atoms with van der Waals surface area (Å²) in [5.74, 6) is -2.05. The lowest BCUT2D eigenvalue weighted by atomic mass is 10.0. The Morgan fingerprint density at radius 2 is 1.57 bits per heavy atom. The highest BCUT2D eigenvalue weighted by atomic mass is 19.4. The molecule has 0 atom stereocenters. The summed E-state index contributed by atoms with van der Waals surface area (Å²) in [5, 5.41) is 10.8. The summed E-state index contributed by atoms with van der Waals surface area (Å²) in [5.41, 5.74) is 0.0532. The molecule has 192 valence electrons. The molecule has 3 heterocycles. The van der Waals surface area contributed by atoms with Gasteiger partial charge in [0, 0.05) is 50.0 Å². The van der Waals surface area contributed by atoms with E-state index in [1.807, 2.05) is 0 Å². The number of benzene rings is 1. The number of nitrogens with one attached hydrogen (secondary N) is 2. The highest BCUT2D eigenvalue weighted by molar-refractivity contribution is 5.73. The van der Waals surface area contributed by atoms with E-state index in [9.17, 15) is 31.1 Å². The fourth-order valence-corrected chi connectivity index (χ4v) is 3.80. The molecular formula is C21H23F6N5O3. The molecule has 4 rings (SSSR count). The van der Waals surface area contributed by atoms with Crippen LogP contribution in [0.1, 0.15) is 18.4 Å². The Labute approximate surface area is 195 Å². The number of carboxylic acids is 1. The van der Waals surface area contributed by atoms with Crippen LogP contribution in [0.25, 0.3) is 0 Å². The molecule has 0 amide bonds. The number of piperidine rings is 1. The zero-order chi connectivity index (χ0) is 25.8. The smallest absolute Gasteiger partial charge is 0.475 e. The summed E-state index contributed by atoms with van der Waals surface area (Å²) in [6.45, 7) is 3.26. The number of carboxylic acid groups (broad SMARTS) is 1. The van der Waals surface area contributed by atoms with Crippen LogP contribution in [0.3, 0.4) is 0 Å². The topological polar surface area (TPSA) is 102 Å². The average Bonchev–Trinajstić information content (AvgIpc) is 2.76. The van der Waals surface area contributed by atoms with Crippen molar-refractivity contribution in [3.05, 3.63) is 52.6 Å². The van der Waals surface area contributed by atoms with E-state index in [4.69, 9.17) is 9.90 Å². The fourth-order valence-electron chi connectivity index (χ4n) is 3.80. The van der Waals surface area contributed by atoms with E-state index in [0.717, 1.165) is 56.8 Å². The zero-order valence-electron chi connectivity index (χ0n) is 18.2. The molecule has 2 aliphatic rings. The van der Waals surface area contributed by atoms with Gasteiger partial charge in [-0.25, -0.2) is 9.78 Å². The van der Waals surface area contributed by atoms with Gasteiger partial charge in [-0.3, -0.25) is 4.79 Å². The van der Waals surface area contributed by atoms with Crippen LogP contribution in [0.5, 0.6) is 0 Å². The summed E-state index contributed by atoms with van der Waals surface area (Å²) >= 11 is 0. The van der Waals surface area contributed by atoms with Crippen molar-refractivity contribution >= 4 is 17.5 Å². The van der Waals surface area contributed by atoms with E-state index in [1.54, 1.807) is 0 Å². The second kappa shape index (κ2) is 10.5. The van der Waals surface area contributed by atoms with Crippen molar-refractivity contribution in [3.63, 3.8) is 0 Å². The molecule has 1 aromatic heterocycles. The fraction of sp³-hybridized carbons (Fsp3) is 0.476. The summed E-state index contributed by atoms with van der Waals surface area (Å²) in [6, 6.07) is 7.59. The van der Waals surface area contributed by atoms with Crippen molar-refractivity contribution in [2.75, 3.05) is 36.0 Å². The van der Waals surface area contributed by atoms with Crippen molar-refractivity contribution in [2.45, 2.75) is 37.3 Å². The number of aromatic nitrogens is 2. The van der Waals surface area contributed by atoms with Crippen LogP contribution in [0.4, 0.5) is 37.8 Å². The molecule has 1 aromatic carbocycles. The van der Waals surface area contributed by atoms with Crippen molar-refractivity contribution in [2.24, 2.45) is 0 Å². The largest absolute Gasteiger partial charge is 0.490 e. The molecule has 0 radical (unpaired) electrons. The molecule has 3 N–H and O–H groups in total. The van der Waals surface area contributed by atoms with Gasteiger partial charge in [0.05, 0.1) is 11.9 Å². The Bertz CT molecular complexity index is 1040. The summed E-state index contributed by atoms with van der Waals surface area (Å²) in [6.07, 6.45) is -6.03. The summed E-state index contributed by atoms with van der Waals surface area (Å²) < 4.78 is 69.7. The number of aliphatic carboxylic acids is 1. The van der Waals surface area contributed by atoms with Crippen LogP contribution >= 0.6 is 0 Å². The first-order valence-electron chi connectivity index (χ1n) is 10.6. The van der Waals surface area contributed by atoms with Crippen molar-refractivity contribution in [3.8, 4) is 0 Å². The van der Waals surface area contributed by atoms with Gasteiger partial charge in [0.2, 0.25) is 0 Å². The molecule has 0 saturated carbocycles. The molecule has 0 spiro atoms. The van der Waals surface area contributed by atoms with E-state index < -0.39 is 23.9 Å². The van der Waals surface area contributed by atoms with Crippen molar-refractivity contribution in [1.82, 2.24) is 15.3 Å². The van der Waals surface area contributed by atoms with Gasteiger partial charge in [0.1, 0.15) is 5.82 Å². The van der Waals surface area contributed by atoms with Crippen molar-refractivity contribution < 1.29 is 36.2 Å². The van der Waals surface area contributed by atoms with Crippen LogP contribution in [0.2, 0.25) is 0 Å². The predicted molar refractivity (Wildman–Crippen MR) is 114 cm³/mol. The number of halogens is 6. The summed E-state index contributed by atoms with van der Waals surface area (Å²) in [4.78, 5) is 31.2. The molecule has 0 bridgehead atoms.